The number of rotatable bonds is 7. The molecule has 0 saturated heterocycles. The van der Waals surface area contributed by atoms with Gasteiger partial charge in [0.25, 0.3) is 0 Å². The van der Waals surface area contributed by atoms with E-state index in [1.54, 1.807) is 12.2 Å². The predicted molar refractivity (Wildman–Crippen MR) is 93.5 cm³/mol. The van der Waals surface area contributed by atoms with Crippen LogP contribution in [0, 0.1) is 0 Å². The largest absolute Gasteiger partial charge is 0.483 e. The number of benzene rings is 1. The van der Waals surface area contributed by atoms with Crippen molar-refractivity contribution in [1.82, 2.24) is 0 Å². The number of hydrogen-bond acceptors (Lipinski definition) is 4. The molecule has 1 aromatic carbocycles. The molecular weight excluding hydrogens is 347 g/mol. The molecule has 0 radical (unpaired) electrons. The Balaban J connectivity index is 2.49. The maximum absolute atomic E-state index is 13.6. The van der Waals surface area contributed by atoms with Crippen molar-refractivity contribution in [3.8, 4) is 5.75 Å². The average Bonchev–Trinajstić information content (AvgIpc) is 2.62. The molecule has 7 heteroatoms. The maximum Gasteiger partial charge on any atom is 0.420 e. The van der Waals surface area contributed by atoms with Crippen molar-refractivity contribution < 1.29 is 27.4 Å². The quantitative estimate of drug-likeness (QED) is 0.545. The van der Waals surface area contributed by atoms with Gasteiger partial charge >= 0.3 is 12.1 Å². The molecule has 26 heavy (non-hydrogen) atoms. The van der Waals surface area contributed by atoms with Crippen LogP contribution in [0.2, 0.25) is 0 Å². The minimum absolute atomic E-state index is 0.136. The van der Waals surface area contributed by atoms with Gasteiger partial charge in [-0.3, -0.25) is 0 Å². The fourth-order valence-electron chi connectivity index (χ4n) is 2.53. The molecule has 4 nitrogen and oxygen atoms in total. The van der Waals surface area contributed by atoms with Crippen molar-refractivity contribution >= 4 is 11.7 Å². The predicted octanol–water partition coefficient (Wildman–Crippen LogP) is 4.97. The van der Waals surface area contributed by atoms with Crippen molar-refractivity contribution in [2.24, 2.45) is 0 Å². The van der Waals surface area contributed by atoms with Gasteiger partial charge < -0.3 is 14.8 Å². The van der Waals surface area contributed by atoms with E-state index >= 15 is 0 Å². The first-order valence-corrected chi connectivity index (χ1v) is 8.44. The second kappa shape index (κ2) is 8.78. The number of esters is 1. The van der Waals surface area contributed by atoms with Gasteiger partial charge in [-0.2, -0.15) is 13.2 Å². The number of carbonyl (C=O) groups is 1. The second-order valence-corrected chi connectivity index (χ2v) is 5.88. The van der Waals surface area contributed by atoms with Crippen LogP contribution in [-0.2, 0) is 10.9 Å². The van der Waals surface area contributed by atoms with Crippen LogP contribution in [0.5, 0.6) is 5.75 Å². The zero-order chi connectivity index (χ0) is 19.2. The number of anilines is 1. The normalized spacial score (nSPS) is 16.4. The van der Waals surface area contributed by atoms with Crippen molar-refractivity contribution in [2.45, 2.75) is 38.5 Å². The third kappa shape index (κ3) is 5.03. The van der Waals surface area contributed by atoms with E-state index in [-0.39, 0.29) is 17.0 Å². The lowest BCUT2D eigenvalue weighted by atomic mass is 10.1. The lowest BCUT2D eigenvalue weighted by molar-refractivity contribution is -0.139. The number of alkyl halides is 3. The molecule has 1 atom stereocenters. The first-order chi connectivity index (χ1) is 12.4. The summed E-state index contributed by atoms with van der Waals surface area (Å²) >= 11 is 0. The zero-order valence-corrected chi connectivity index (χ0v) is 14.7. The first kappa shape index (κ1) is 19.9. The number of nitrogens with one attached hydrogen (secondary N) is 1. The highest BCUT2D eigenvalue weighted by Crippen LogP contribution is 2.42. The Bertz CT molecular complexity index is 696. The zero-order valence-electron chi connectivity index (χ0n) is 14.7. The summed E-state index contributed by atoms with van der Waals surface area (Å²) in [7, 11) is 1.13. The molecule has 0 saturated carbocycles. The van der Waals surface area contributed by atoms with Crippen LogP contribution in [0.4, 0.5) is 18.9 Å². The Morgan fingerprint density at radius 2 is 2.08 bits per heavy atom. The summed E-state index contributed by atoms with van der Waals surface area (Å²) in [6, 6.07) is 2.11. The molecule has 1 aliphatic rings. The second-order valence-electron chi connectivity index (χ2n) is 5.88. The fourth-order valence-corrected chi connectivity index (χ4v) is 2.53. The Hall–Kier alpha value is -2.44. The maximum atomic E-state index is 13.6. The van der Waals surface area contributed by atoms with Gasteiger partial charge in [0.05, 0.1) is 18.4 Å². The first-order valence-electron chi connectivity index (χ1n) is 8.44. The van der Waals surface area contributed by atoms with E-state index in [1.807, 2.05) is 19.1 Å². The molecule has 2 rings (SSSR count). The monoisotopic (exact) mass is 369 g/mol. The number of allylic oxidation sites excluding steroid dienone is 2. The summed E-state index contributed by atoms with van der Waals surface area (Å²) < 4.78 is 51.1. The molecule has 0 aromatic heterocycles. The number of hydrogen-bond donors (Lipinski definition) is 1. The average molecular weight is 369 g/mol. The van der Waals surface area contributed by atoms with Gasteiger partial charge in [0, 0.05) is 13.0 Å². The van der Waals surface area contributed by atoms with Gasteiger partial charge in [-0.05, 0) is 24.6 Å². The molecule has 1 N–H and O–H groups in total. The molecule has 1 aliphatic carbocycles. The van der Waals surface area contributed by atoms with Crippen LogP contribution in [0.25, 0.3) is 0 Å². The van der Waals surface area contributed by atoms with Crippen LogP contribution < -0.4 is 10.1 Å². The van der Waals surface area contributed by atoms with Crippen LogP contribution in [0.1, 0.15) is 42.1 Å². The molecule has 142 valence electrons. The van der Waals surface area contributed by atoms with Gasteiger partial charge in [0.1, 0.15) is 11.7 Å². The number of methoxy groups -OCH3 is 1. The summed E-state index contributed by atoms with van der Waals surface area (Å²) in [6.45, 7) is 2.44. The highest BCUT2D eigenvalue weighted by Gasteiger charge is 2.37. The van der Waals surface area contributed by atoms with Crippen molar-refractivity contribution in [3.05, 3.63) is 47.6 Å². The summed E-state index contributed by atoms with van der Waals surface area (Å²) in [5, 5.41) is 2.96. The molecular formula is C19H22F3NO3. The number of carbonyl (C=O) groups excluding carboxylic acids is 1. The summed E-state index contributed by atoms with van der Waals surface area (Å²) in [5.74, 6) is -1.13. The van der Waals surface area contributed by atoms with Crippen LogP contribution >= 0.6 is 0 Å². The van der Waals surface area contributed by atoms with Crippen LogP contribution in [-0.4, -0.2) is 25.7 Å². The summed E-state index contributed by atoms with van der Waals surface area (Å²) in [6.07, 6.45) is 4.01. The third-order valence-corrected chi connectivity index (χ3v) is 3.87. The number of unbranched alkanes of at least 4 members (excludes halogenated alkanes) is 1. The van der Waals surface area contributed by atoms with E-state index in [2.05, 4.69) is 10.1 Å². The smallest absolute Gasteiger partial charge is 0.420 e. The Labute approximate surface area is 150 Å². The van der Waals surface area contributed by atoms with E-state index in [9.17, 15) is 18.0 Å². The van der Waals surface area contributed by atoms with Gasteiger partial charge in [0.15, 0.2) is 5.75 Å². The van der Waals surface area contributed by atoms with Crippen molar-refractivity contribution in [3.63, 3.8) is 0 Å². The van der Waals surface area contributed by atoms with E-state index in [0.29, 0.717) is 13.0 Å². The molecule has 0 bridgehead atoms. The van der Waals surface area contributed by atoms with E-state index in [1.165, 1.54) is 6.07 Å². The summed E-state index contributed by atoms with van der Waals surface area (Å²) in [5.41, 5.74) is -1.04. The number of halogens is 3. The molecule has 1 unspecified atom stereocenters. The minimum atomic E-state index is -4.67. The molecule has 1 aromatic rings. The van der Waals surface area contributed by atoms with Crippen molar-refractivity contribution in [1.29, 1.82) is 0 Å². The SMILES string of the molecule is CCCCNc1cc(C(=O)OC)cc(C(F)(F)F)c1OC1C=CC=CC1. The topological polar surface area (TPSA) is 47.6 Å². The van der Waals surface area contributed by atoms with Gasteiger partial charge in [0.2, 0.25) is 0 Å². The van der Waals surface area contributed by atoms with Gasteiger partial charge in [-0.1, -0.05) is 31.6 Å². The van der Waals surface area contributed by atoms with Crippen LogP contribution in [0.3, 0.4) is 0 Å². The van der Waals surface area contributed by atoms with Crippen LogP contribution in [0.15, 0.2) is 36.4 Å². The van der Waals surface area contributed by atoms with E-state index < -0.39 is 23.8 Å². The Morgan fingerprint density at radius 3 is 2.65 bits per heavy atom. The highest BCUT2D eigenvalue weighted by atomic mass is 19.4. The minimum Gasteiger partial charge on any atom is -0.483 e. The fraction of sp³-hybridized carbons (Fsp3) is 0.421. The Morgan fingerprint density at radius 1 is 1.31 bits per heavy atom. The third-order valence-electron chi connectivity index (χ3n) is 3.87. The van der Waals surface area contributed by atoms with Gasteiger partial charge in [-0.15, -0.1) is 0 Å². The standard InChI is InChI=1S/C19H22F3NO3/c1-3-4-10-23-16-12-13(18(24)25-2)11-15(19(20,21)22)17(16)26-14-8-6-5-7-9-14/h5-8,11-12,14,23H,3-4,9-10H2,1-2H3. The molecule has 0 fully saturated rings. The lowest BCUT2D eigenvalue weighted by Crippen LogP contribution is -2.20. The van der Waals surface area contributed by atoms with Gasteiger partial charge in [-0.25, -0.2) is 4.79 Å². The molecule has 0 amide bonds. The highest BCUT2D eigenvalue weighted by molar-refractivity contribution is 5.91. The molecule has 0 heterocycles. The Kier molecular flexibility index (Phi) is 6.71. The summed E-state index contributed by atoms with van der Waals surface area (Å²) in [4.78, 5) is 11.8. The van der Waals surface area contributed by atoms with E-state index in [0.717, 1.165) is 26.0 Å². The van der Waals surface area contributed by atoms with E-state index in [4.69, 9.17) is 4.74 Å². The molecule has 0 aliphatic heterocycles. The molecule has 0 spiro atoms. The van der Waals surface area contributed by atoms with Crippen molar-refractivity contribution in [2.75, 3.05) is 19.0 Å². The lowest BCUT2D eigenvalue weighted by Gasteiger charge is -2.23. The number of ether oxygens (including phenoxy) is 2.